The summed E-state index contributed by atoms with van der Waals surface area (Å²) in [5.74, 6) is 0. The summed E-state index contributed by atoms with van der Waals surface area (Å²) in [4.78, 5) is 0.254. The molecule has 0 bridgehead atoms. The Morgan fingerprint density at radius 3 is 2.24 bits per heavy atom. The molecular formula is C14H20Br3NO2S. The number of alkyl halides is 1. The Morgan fingerprint density at radius 1 is 1.19 bits per heavy atom. The molecule has 0 aliphatic heterocycles. The van der Waals surface area contributed by atoms with E-state index in [9.17, 15) is 8.42 Å². The highest BCUT2D eigenvalue weighted by molar-refractivity contribution is 9.11. The molecule has 0 aromatic heterocycles. The highest BCUT2D eigenvalue weighted by Crippen LogP contribution is 2.30. The van der Waals surface area contributed by atoms with Crippen molar-refractivity contribution in [1.29, 1.82) is 0 Å². The first kappa shape index (κ1) is 19.6. The molecule has 0 spiro atoms. The molecule has 0 radical (unpaired) electrons. The average Bonchev–Trinajstić information content (AvgIpc) is 2.31. The van der Waals surface area contributed by atoms with Crippen LogP contribution >= 0.6 is 47.8 Å². The summed E-state index contributed by atoms with van der Waals surface area (Å²) in [5, 5.41) is 0.746. The fraction of sp³-hybridized carbons (Fsp3) is 0.571. The molecule has 0 saturated heterocycles. The summed E-state index contributed by atoms with van der Waals surface area (Å²) < 4.78 is 29.5. The zero-order valence-electron chi connectivity index (χ0n) is 12.5. The van der Waals surface area contributed by atoms with E-state index < -0.39 is 10.0 Å². The van der Waals surface area contributed by atoms with Crippen molar-refractivity contribution >= 4 is 57.8 Å². The zero-order valence-corrected chi connectivity index (χ0v) is 18.1. The van der Waals surface area contributed by atoms with Crippen molar-refractivity contribution in [2.45, 2.75) is 45.1 Å². The van der Waals surface area contributed by atoms with Crippen molar-refractivity contribution in [3.63, 3.8) is 0 Å². The number of nitrogens with one attached hydrogen (secondary N) is 1. The van der Waals surface area contributed by atoms with Crippen LogP contribution in [0.1, 0.15) is 32.8 Å². The molecule has 120 valence electrons. The topological polar surface area (TPSA) is 46.2 Å². The third-order valence-corrected chi connectivity index (χ3v) is 6.99. The van der Waals surface area contributed by atoms with Gasteiger partial charge in [0.2, 0.25) is 10.0 Å². The van der Waals surface area contributed by atoms with Gasteiger partial charge in [0.15, 0.2) is 0 Å². The molecule has 1 unspecified atom stereocenters. The van der Waals surface area contributed by atoms with Gasteiger partial charge in [0.25, 0.3) is 0 Å². The molecular weight excluding hydrogens is 486 g/mol. The normalized spacial score (nSPS) is 14.2. The zero-order chi connectivity index (χ0) is 16.4. The van der Waals surface area contributed by atoms with E-state index in [4.69, 9.17) is 0 Å². The highest BCUT2D eigenvalue weighted by atomic mass is 79.9. The van der Waals surface area contributed by atoms with E-state index in [-0.39, 0.29) is 16.4 Å². The van der Waals surface area contributed by atoms with Crippen LogP contribution in [0.3, 0.4) is 0 Å². The lowest BCUT2D eigenvalue weighted by Gasteiger charge is -2.31. The first-order chi connectivity index (χ1) is 9.49. The van der Waals surface area contributed by atoms with Crippen LogP contribution in [0.4, 0.5) is 0 Å². The van der Waals surface area contributed by atoms with Gasteiger partial charge in [0, 0.05) is 20.3 Å². The van der Waals surface area contributed by atoms with E-state index in [1.54, 1.807) is 12.1 Å². The predicted molar refractivity (Wildman–Crippen MR) is 98.6 cm³/mol. The van der Waals surface area contributed by atoms with Crippen molar-refractivity contribution in [2.75, 3.05) is 5.33 Å². The van der Waals surface area contributed by atoms with Gasteiger partial charge in [-0.1, -0.05) is 52.6 Å². The van der Waals surface area contributed by atoms with Gasteiger partial charge in [0.1, 0.15) is 0 Å². The molecule has 0 saturated carbocycles. The fourth-order valence-corrected chi connectivity index (χ4v) is 5.47. The first-order valence-electron chi connectivity index (χ1n) is 6.53. The van der Waals surface area contributed by atoms with Crippen LogP contribution in [0.25, 0.3) is 0 Å². The lowest BCUT2D eigenvalue weighted by atomic mass is 9.86. The van der Waals surface area contributed by atoms with Crippen molar-refractivity contribution in [3.05, 3.63) is 26.6 Å². The Kier molecular flexibility index (Phi) is 6.94. The summed E-state index contributed by atoms with van der Waals surface area (Å²) in [6.07, 6.45) is 0.730. The molecule has 0 fully saturated rings. The molecule has 1 aromatic rings. The summed E-state index contributed by atoms with van der Waals surface area (Å²) in [7, 11) is -3.58. The van der Waals surface area contributed by atoms with Gasteiger partial charge in [-0.2, -0.15) is 0 Å². The van der Waals surface area contributed by atoms with Crippen LogP contribution in [-0.4, -0.2) is 19.8 Å². The maximum absolute atomic E-state index is 12.7. The van der Waals surface area contributed by atoms with Crippen LogP contribution < -0.4 is 4.72 Å². The molecule has 1 rings (SSSR count). The molecule has 1 aromatic carbocycles. The van der Waals surface area contributed by atoms with Gasteiger partial charge in [-0.05, 0) is 52.4 Å². The summed E-state index contributed by atoms with van der Waals surface area (Å²) in [6, 6.07) is 3.29. The second kappa shape index (κ2) is 7.43. The van der Waals surface area contributed by atoms with Crippen LogP contribution in [0.5, 0.6) is 0 Å². The smallest absolute Gasteiger partial charge is 0.207 e. The van der Waals surface area contributed by atoms with Gasteiger partial charge in [0.05, 0.1) is 4.90 Å². The summed E-state index contributed by atoms with van der Waals surface area (Å²) in [5.41, 5.74) is 0.823. The summed E-state index contributed by atoms with van der Waals surface area (Å²) >= 11 is 10.1. The Labute approximate surface area is 152 Å². The number of hydrogen-bond donors (Lipinski definition) is 1. The third-order valence-electron chi connectivity index (χ3n) is 3.24. The molecule has 21 heavy (non-hydrogen) atoms. The molecule has 0 amide bonds. The van der Waals surface area contributed by atoms with E-state index in [0.717, 1.165) is 21.8 Å². The van der Waals surface area contributed by atoms with Gasteiger partial charge >= 0.3 is 0 Å². The minimum atomic E-state index is -3.58. The number of sulfonamides is 1. The molecule has 0 aliphatic carbocycles. The summed E-state index contributed by atoms with van der Waals surface area (Å²) in [6.45, 7) is 8.01. The Morgan fingerprint density at radius 2 is 1.76 bits per heavy atom. The minimum Gasteiger partial charge on any atom is -0.207 e. The molecule has 1 N–H and O–H groups in total. The minimum absolute atomic E-state index is 0.145. The Bertz CT molecular complexity index is 609. The third kappa shape index (κ3) is 5.30. The maximum atomic E-state index is 12.7. The maximum Gasteiger partial charge on any atom is 0.242 e. The largest absolute Gasteiger partial charge is 0.242 e. The van der Waals surface area contributed by atoms with Gasteiger partial charge < -0.3 is 0 Å². The lowest BCUT2D eigenvalue weighted by Crippen LogP contribution is -2.44. The van der Waals surface area contributed by atoms with Crippen LogP contribution in [0.15, 0.2) is 26.0 Å². The van der Waals surface area contributed by atoms with Gasteiger partial charge in [-0.15, -0.1) is 0 Å². The molecule has 3 nitrogen and oxygen atoms in total. The average molecular weight is 506 g/mol. The van der Waals surface area contributed by atoms with Gasteiger partial charge in [-0.25, -0.2) is 13.1 Å². The number of aryl methyl sites for hydroxylation is 1. The monoisotopic (exact) mass is 503 g/mol. The SMILES string of the molecule is Cc1cc(Br)c(S(=O)(=O)NC(CCBr)C(C)(C)C)cc1Br. The lowest BCUT2D eigenvalue weighted by molar-refractivity contribution is 0.293. The van der Waals surface area contributed by atoms with Crippen LogP contribution in [0.2, 0.25) is 0 Å². The first-order valence-corrected chi connectivity index (χ1v) is 10.7. The van der Waals surface area contributed by atoms with E-state index in [0.29, 0.717) is 4.47 Å². The standard InChI is InChI=1S/C14H20Br3NO2S/c1-9-7-11(17)12(8-10(9)16)21(19,20)18-13(5-6-15)14(2,3)4/h7-8,13,18H,5-6H2,1-4H3. The van der Waals surface area contributed by atoms with E-state index >= 15 is 0 Å². The van der Waals surface area contributed by atoms with Crippen LogP contribution in [-0.2, 0) is 10.0 Å². The molecule has 7 heteroatoms. The quantitative estimate of drug-likeness (QED) is 0.572. The number of hydrogen-bond acceptors (Lipinski definition) is 2. The van der Waals surface area contributed by atoms with Crippen molar-refractivity contribution in [3.8, 4) is 0 Å². The molecule has 0 aliphatic rings. The van der Waals surface area contributed by atoms with Crippen molar-refractivity contribution in [2.24, 2.45) is 5.41 Å². The second-order valence-electron chi connectivity index (χ2n) is 6.05. The van der Waals surface area contributed by atoms with E-state index in [1.807, 2.05) is 27.7 Å². The van der Waals surface area contributed by atoms with Crippen molar-refractivity contribution in [1.82, 2.24) is 4.72 Å². The Hall–Kier alpha value is 0.570. The number of halogens is 3. The molecule has 0 heterocycles. The van der Waals surface area contributed by atoms with E-state index in [1.165, 1.54) is 0 Å². The molecule has 1 atom stereocenters. The fourth-order valence-electron chi connectivity index (χ4n) is 1.86. The second-order valence-corrected chi connectivity index (χ2v) is 10.2. The Balaban J connectivity index is 3.20. The van der Waals surface area contributed by atoms with Gasteiger partial charge in [-0.3, -0.25) is 0 Å². The highest BCUT2D eigenvalue weighted by Gasteiger charge is 2.30. The van der Waals surface area contributed by atoms with Crippen LogP contribution in [0, 0.1) is 12.3 Å². The number of benzene rings is 1. The van der Waals surface area contributed by atoms with Crippen molar-refractivity contribution < 1.29 is 8.42 Å². The number of rotatable bonds is 5. The van der Waals surface area contributed by atoms with E-state index in [2.05, 4.69) is 52.5 Å². The predicted octanol–water partition coefficient (Wildman–Crippen LogP) is 5.00.